The standard InChI is InChI=1S/C15H21N5O2S/c1-15(2)10-19(4-5-20(15)23(3,21)22)14-7-11(8-16)6-13-12(14)9-17-18-13/h6-9,16H,4-5,10H2,1-3H3,(H,17,18). The van der Waals surface area contributed by atoms with Crippen LogP contribution in [0.15, 0.2) is 18.3 Å². The van der Waals surface area contributed by atoms with Crippen LogP contribution in [0.1, 0.15) is 19.4 Å². The fraction of sp³-hybridized carbons (Fsp3) is 0.467. The minimum Gasteiger partial charge on any atom is -0.368 e. The highest BCUT2D eigenvalue weighted by Gasteiger charge is 2.39. The third kappa shape index (κ3) is 2.84. The highest BCUT2D eigenvalue weighted by atomic mass is 32.2. The molecule has 2 aromatic rings. The Hall–Kier alpha value is -1.93. The zero-order valence-electron chi connectivity index (χ0n) is 13.5. The van der Waals surface area contributed by atoms with Gasteiger partial charge >= 0.3 is 0 Å². The van der Waals surface area contributed by atoms with Gasteiger partial charge in [0.2, 0.25) is 10.0 Å². The van der Waals surface area contributed by atoms with E-state index in [1.165, 1.54) is 12.5 Å². The van der Waals surface area contributed by atoms with Gasteiger partial charge in [0.1, 0.15) is 0 Å². The number of aromatic amines is 1. The third-order valence-corrected chi connectivity index (χ3v) is 5.77. The van der Waals surface area contributed by atoms with E-state index >= 15 is 0 Å². The number of piperazine rings is 1. The zero-order valence-corrected chi connectivity index (χ0v) is 14.3. The largest absolute Gasteiger partial charge is 0.368 e. The molecule has 0 bridgehead atoms. The number of rotatable bonds is 3. The molecule has 1 aliphatic heterocycles. The maximum Gasteiger partial charge on any atom is 0.211 e. The van der Waals surface area contributed by atoms with Gasteiger partial charge in [0, 0.05) is 42.5 Å². The van der Waals surface area contributed by atoms with Crippen LogP contribution in [0.2, 0.25) is 0 Å². The van der Waals surface area contributed by atoms with E-state index in [1.54, 1.807) is 10.5 Å². The maximum absolute atomic E-state index is 12.0. The molecule has 0 atom stereocenters. The first kappa shape index (κ1) is 15.9. The first-order chi connectivity index (χ1) is 10.7. The van der Waals surface area contributed by atoms with Crippen molar-refractivity contribution >= 4 is 32.8 Å². The lowest BCUT2D eigenvalue weighted by atomic mass is 10.0. The number of nitrogens with one attached hydrogen (secondary N) is 2. The van der Waals surface area contributed by atoms with Crippen molar-refractivity contribution in [2.24, 2.45) is 0 Å². The summed E-state index contributed by atoms with van der Waals surface area (Å²) < 4.78 is 25.5. The van der Waals surface area contributed by atoms with Crippen molar-refractivity contribution in [1.82, 2.24) is 14.5 Å². The molecular weight excluding hydrogens is 314 g/mol. The van der Waals surface area contributed by atoms with E-state index in [9.17, 15) is 8.42 Å². The first-order valence-electron chi connectivity index (χ1n) is 7.43. The number of hydrogen-bond acceptors (Lipinski definition) is 5. The van der Waals surface area contributed by atoms with E-state index in [-0.39, 0.29) is 0 Å². The SMILES string of the molecule is CC1(C)CN(c2cc(C=N)cc3[nH]ncc23)CCN1S(C)(=O)=O. The van der Waals surface area contributed by atoms with E-state index in [4.69, 9.17) is 5.41 Å². The molecule has 1 saturated heterocycles. The molecule has 0 aliphatic carbocycles. The normalized spacial score (nSPS) is 19.2. The Morgan fingerprint density at radius 3 is 2.70 bits per heavy atom. The van der Waals surface area contributed by atoms with Gasteiger partial charge < -0.3 is 10.3 Å². The van der Waals surface area contributed by atoms with Crippen molar-refractivity contribution in [2.75, 3.05) is 30.8 Å². The lowest BCUT2D eigenvalue weighted by molar-refractivity contribution is 0.206. The van der Waals surface area contributed by atoms with Crippen molar-refractivity contribution in [2.45, 2.75) is 19.4 Å². The fourth-order valence-corrected chi connectivity index (χ4v) is 4.73. The van der Waals surface area contributed by atoms with Gasteiger partial charge in [0.15, 0.2) is 0 Å². The average Bonchev–Trinajstić information content (AvgIpc) is 2.91. The second-order valence-corrected chi connectivity index (χ2v) is 8.49. The minimum absolute atomic E-state index is 0.444. The van der Waals surface area contributed by atoms with Crippen molar-refractivity contribution in [3.8, 4) is 0 Å². The number of H-pyrrole nitrogens is 1. The predicted molar refractivity (Wildman–Crippen MR) is 91.8 cm³/mol. The van der Waals surface area contributed by atoms with Crippen LogP contribution in [0.4, 0.5) is 5.69 Å². The number of aromatic nitrogens is 2. The molecule has 7 nitrogen and oxygen atoms in total. The summed E-state index contributed by atoms with van der Waals surface area (Å²) in [6.07, 6.45) is 4.34. The third-order valence-electron chi connectivity index (χ3n) is 4.29. The van der Waals surface area contributed by atoms with Crippen LogP contribution in [0.3, 0.4) is 0 Å². The predicted octanol–water partition coefficient (Wildman–Crippen LogP) is 1.42. The van der Waals surface area contributed by atoms with Crippen LogP contribution in [0, 0.1) is 5.41 Å². The highest BCUT2D eigenvalue weighted by Crippen LogP contribution is 2.32. The number of sulfonamides is 1. The Balaban J connectivity index is 2.01. The fourth-order valence-electron chi connectivity index (χ4n) is 3.36. The van der Waals surface area contributed by atoms with Gasteiger partial charge in [-0.2, -0.15) is 9.40 Å². The summed E-state index contributed by atoms with van der Waals surface area (Å²) in [6, 6.07) is 3.84. The zero-order chi connectivity index (χ0) is 16.8. The molecule has 0 spiro atoms. The lowest BCUT2D eigenvalue weighted by Crippen LogP contribution is -2.60. The van der Waals surface area contributed by atoms with Crippen LogP contribution in [0.5, 0.6) is 0 Å². The summed E-state index contributed by atoms with van der Waals surface area (Å²) in [7, 11) is -3.23. The first-order valence-corrected chi connectivity index (χ1v) is 9.27. The molecule has 2 heterocycles. The Bertz CT molecular complexity index is 856. The number of fused-ring (bicyclic) bond motifs is 1. The molecule has 8 heteroatoms. The second kappa shape index (κ2) is 5.31. The van der Waals surface area contributed by atoms with Crippen molar-refractivity contribution in [1.29, 1.82) is 5.41 Å². The Kier molecular flexibility index (Phi) is 3.68. The van der Waals surface area contributed by atoms with E-state index in [1.807, 2.05) is 26.0 Å². The van der Waals surface area contributed by atoms with Crippen molar-refractivity contribution < 1.29 is 8.42 Å². The van der Waals surface area contributed by atoms with E-state index < -0.39 is 15.6 Å². The number of anilines is 1. The van der Waals surface area contributed by atoms with Crippen LogP contribution in [0.25, 0.3) is 10.9 Å². The molecule has 124 valence electrons. The summed E-state index contributed by atoms with van der Waals surface area (Å²) in [5.74, 6) is 0. The van der Waals surface area contributed by atoms with Gasteiger partial charge in [-0.05, 0) is 31.5 Å². The lowest BCUT2D eigenvalue weighted by Gasteiger charge is -2.46. The van der Waals surface area contributed by atoms with Crippen LogP contribution in [-0.2, 0) is 10.0 Å². The monoisotopic (exact) mass is 335 g/mol. The van der Waals surface area contributed by atoms with E-state index in [0.717, 1.165) is 22.2 Å². The Morgan fingerprint density at radius 2 is 2.09 bits per heavy atom. The van der Waals surface area contributed by atoms with Gasteiger partial charge in [-0.15, -0.1) is 0 Å². The molecule has 0 amide bonds. The van der Waals surface area contributed by atoms with Gasteiger partial charge in [-0.1, -0.05) is 0 Å². The molecule has 1 fully saturated rings. The average molecular weight is 335 g/mol. The van der Waals surface area contributed by atoms with Crippen LogP contribution >= 0.6 is 0 Å². The molecule has 0 saturated carbocycles. The maximum atomic E-state index is 12.0. The second-order valence-electron chi connectivity index (χ2n) is 6.58. The number of nitrogens with zero attached hydrogens (tertiary/aromatic N) is 3. The molecular formula is C15H21N5O2S. The smallest absolute Gasteiger partial charge is 0.211 e. The topological polar surface area (TPSA) is 93.2 Å². The molecule has 0 radical (unpaired) electrons. The highest BCUT2D eigenvalue weighted by molar-refractivity contribution is 7.88. The van der Waals surface area contributed by atoms with E-state index in [0.29, 0.717) is 19.6 Å². The van der Waals surface area contributed by atoms with E-state index in [2.05, 4.69) is 15.1 Å². The van der Waals surface area contributed by atoms with Crippen LogP contribution in [-0.4, -0.2) is 60.6 Å². The summed E-state index contributed by atoms with van der Waals surface area (Å²) >= 11 is 0. The number of hydrogen-bond donors (Lipinski definition) is 2. The van der Waals surface area contributed by atoms with Crippen molar-refractivity contribution in [3.63, 3.8) is 0 Å². The summed E-state index contributed by atoms with van der Waals surface area (Å²) in [6.45, 7) is 5.51. The molecule has 0 unspecified atom stereocenters. The quantitative estimate of drug-likeness (QED) is 0.830. The van der Waals surface area contributed by atoms with Crippen LogP contribution < -0.4 is 4.90 Å². The van der Waals surface area contributed by atoms with Gasteiger partial charge in [0.05, 0.1) is 18.0 Å². The minimum atomic E-state index is -3.23. The Morgan fingerprint density at radius 1 is 1.35 bits per heavy atom. The molecule has 23 heavy (non-hydrogen) atoms. The summed E-state index contributed by atoms with van der Waals surface area (Å²) in [4.78, 5) is 2.17. The van der Waals surface area contributed by atoms with Gasteiger partial charge in [0.25, 0.3) is 0 Å². The molecule has 3 rings (SSSR count). The summed E-state index contributed by atoms with van der Waals surface area (Å²) in [5, 5.41) is 15.5. The van der Waals surface area contributed by atoms with Gasteiger partial charge in [-0.25, -0.2) is 8.42 Å². The molecule has 2 N–H and O–H groups in total. The number of benzene rings is 1. The molecule has 1 aliphatic rings. The van der Waals surface area contributed by atoms with Gasteiger partial charge in [-0.3, -0.25) is 5.10 Å². The van der Waals surface area contributed by atoms with Crippen molar-refractivity contribution in [3.05, 3.63) is 23.9 Å². The summed E-state index contributed by atoms with van der Waals surface area (Å²) in [5.41, 5.74) is 2.16. The molecule has 1 aromatic carbocycles. The Labute approximate surface area is 135 Å². The molecule has 1 aromatic heterocycles.